The minimum absolute atomic E-state index is 0.134. The summed E-state index contributed by atoms with van der Waals surface area (Å²) in [4.78, 5) is 11.4. The van der Waals surface area contributed by atoms with E-state index >= 15 is 0 Å². The highest BCUT2D eigenvalue weighted by Gasteiger charge is 2.04. The Balaban J connectivity index is 2.47. The molecule has 1 unspecified atom stereocenters. The third kappa shape index (κ3) is 4.11. The van der Waals surface area contributed by atoms with Gasteiger partial charge in [0.2, 0.25) is 5.91 Å². The molecule has 1 rings (SSSR count). The van der Waals surface area contributed by atoms with Gasteiger partial charge in [0.15, 0.2) is 0 Å². The van der Waals surface area contributed by atoms with Crippen LogP contribution in [0.2, 0.25) is 0 Å². The Kier molecular flexibility index (Phi) is 4.49. The van der Waals surface area contributed by atoms with E-state index in [-0.39, 0.29) is 12.3 Å². The fourth-order valence-corrected chi connectivity index (χ4v) is 1.19. The van der Waals surface area contributed by atoms with Crippen LogP contribution in [0, 0.1) is 11.3 Å². The molecule has 2 N–H and O–H groups in total. The lowest BCUT2D eigenvalue weighted by Gasteiger charge is -2.06. The molecule has 16 heavy (non-hydrogen) atoms. The van der Waals surface area contributed by atoms with E-state index in [1.807, 2.05) is 6.07 Å². The van der Waals surface area contributed by atoms with E-state index in [1.54, 1.807) is 31.2 Å². The zero-order chi connectivity index (χ0) is 12.0. The van der Waals surface area contributed by atoms with Crippen LogP contribution in [0.1, 0.15) is 25.3 Å². The highest BCUT2D eigenvalue weighted by molar-refractivity contribution is 5.90. The van der Waals surface area contributed by atoms with Crippen molar-refractivity contribution in [3.63, 3.8) is 0 Å². The number of nitrogens with one attached hydrogen (secondary N) is 1. The minimum atomic E-state index is -0.466. The highest BCUT2D eigenvalue weighted by atomic mass is 16.3. The van der Waals surface area contributed by atoms with Gasteiger partial charge < -0.3 is 10.4 Å². The molecule has 0 saturated heterocycles. The number of carbonyl (C=O) groups excluding carboxylic acids is 1. The molecule has 4 heteroatoms. The Hall–Kier alpha value is -1.86. The fraction of sp³-hybridized carbons (Fsp3) is 0.333. The molecule has 0 radical (unpaired) electrons. The lowest BCUT2D eigenvalue weighted by Crippen LogP contribution is -2.13. The first-order valence-electron chi connectivity index (χ1n) is 5.10. The maximum absolute atomic E-state index is 11.4. The zero-order valence-electron chi connectivity index (χ0n) is 9.10. The molecule has 1 atom stereocenters. The number of rotatable bonds is 4. The topological polar surface area (TPSA) is 73.1 Å². The first kappa shape index (κ1) is 12.2. The highest BCUT2D eigenvalue weighted by Crippen LogP contribution is 2.09. The summed E-state index contributed by atoms with van der Waals surface area (Å²) in [7, 11) is 0. The smallest absolute Gasteiger partial charge is 0.224 e. The fourth-order valence-electron chi connectivity index (χ4n) is 1.19. The number of carbonyl (C=O) groups is 1. The standard InChI is InChI=1S/C12H14N2O2/c1-9(15)2-7-12(16)14-11-5-3-10(8-13)4-6-11/h3-6,9,15H,2,7H2,1H3,(H,14,16). The number of hydrogen-bond donors (Lipinski definition) is 2. The van der Waals surface area contributed by atoms with E-state index in [0.717, 1.165) is 0 Å². The van der Waals surface area contributed by atoms with E-state index < -0.39 is 6.10 Å². The average Bonchev–Trinajstić information content (AvgIpc) is 2.27. The van der Waals surface area contributed by atoms with Crippen LogP contribution in [0.15, 0.2) is 24.3 Å². The van der Waals surface area contributed by atoms with Crippen molar-refractivity contribution in [1.82, 2.24) is 0 Å². The van der Waals surface area contributed by atoms with Crippen LogP contribution in [0.25, 0.3) is 0 Å². The number of aliphatic hydroxyl groups excluding tert-OH is 1. The van der Waals surface area contributed by atoms with Crippen molar-refractivity contribution >= 4 is 11.6 Å². The molecule has 0 spiro atoms. The molecule has 0 aromatic heterocycles. The van der Waals surface area contributed by atoms with E-state index in [9.17, 15) is 4.79 Å². The van der Waals surface area contributed by atoms with Crippen LogP contribution in [0.4, 0.5) is 5.69 Å². The van der Waals surface area contributed by atoms with E-state index in [1.165, 1.54) is 0 Å². The maximum atomic E-state index is 11.4. The summed E-state index contributed by atoms with van der Waals surface area (Å²) in [6, 6.07) is 8.65. The van der Waals surface area contributed by atoms with Crippen LogP contribution in [0.3, 0.4) is 0 Å². The third-order valence-corrected chi connectivity index (χ3v) is 2.09. The SMILES string of the molecule is CC(O)CCC(=O)Nc1ccc(C#N)cc1. The molecule has 1 aromatic rings. The van der Waals surface area contributed by atoms with Crippen molar-refractivity contribution in [1.29, 1.82) is 5.26 Å². The number of nitrogens with zero attached hydrogens (tertiary/aromatic N) is 1. The van der Waals surface area contributed by atoms with Gasteiger partial charge in [-0.25, -0.2) is 0 Å². The van der Waals surface area contributed by atoms with Crippen LogP contribution < -0.4 is 5.32 Å². The summed E-state index contributed by atoms with van der Waals surface area (Å²) in [5, 5.41) is 20.3. The van der Waals surface area contributed by atoms with Gasteiger partial charge in [-0.3, -0.25) is 4.79 Å². The van der Waals surface area contributed by atoms with Gasteiger partial charge in [0.25, 0.3) is 0 Å². The molecule has 0 bridgehead atoms. The second kappa shape index (κ2) is 5.89. The molecule has 0 aliphatic carbocycles. The Morgan fingerprint density at radius 3 is 2.62 bits per heavy atom. The van der Waals surface area contributed by atoms with Crippen LogP contribution in [-0.2, 0) is 4.79 Å². The molecule has 1 aromatic carbocycles. The number of nitriles is 1. The van der Waals surface area contributed by atoms with Crippen molar-refractivity contribution in [2.24, 2.45) is 0 Å². The van der Waals surface area contributed by atoms with Gasteiger partial charge in [0, 0.05) is 12.1 Å². The van der Waals surface area contributed by atoms with Gasteiger partial charge >= 0.3 is 0 Å². The first-order valence-corrected chi connectivity index (χ1v) is 5.10. The van der Waals surface area contributed by atoms with Crippen molar-refractivity contribution in [3.05, 3.63) is 29.8 Å². The number of amides is 1. The summed E-state index contributed by atoms with van der Waals surface area (Å²) in [6.07, 6.45) is 0.270. The predicted molar refractivity (Wildman–Crippen MR) is 60.7 cm³/mol. The summed E-state index contributed by atoms with van der Waals surface area (Å²) in [6.45, 7) is 1.65. The molecule has 0 heterocycles. The second-order valence-electron chi connectivity index (χ2n) is 3.63. The van der Waals surface area contributed by atoms with Gasteiger partial charge in [-0.1, -0.05) is 0 Å². The van der Waals surface area contributed by atoms with Crippen LogP contribution in [-0.4, -0.2) is 17.1 Å². The monoisotopic (exact) mass is 218 g/mol. The second-order valence-corrected chi connectivity index (χ2v) is 3.63. The predicted octanol–water partition coefficient (Wildman–Crippen LogP) is 1.66. The molecule has 0 aliphatic heterocycles. The molecule has 0 saturated carbocycles. The Bertz CT molecular complexity index is 390. The Morgan fingerprint density at radius 2 is 2.12 bits per heavy atom. The van der Waals surface area contributed by atoms with Crippen molar-refractivity contribution in [3.8, 4) is 6.07 Å². The summed E-state index contributed by atoms with van der Waals surface area (Å²) < 4.78 is 0. The molecule has 1 amide bonds. The molecule has 4 nitrogen and oxygen atoms in total. The summed E-state index contributed by atoms with van der Waals surface area (Å²) in [5.41, 5.74) is 1.22. The largest absolute Gasteiger partial charge is 0.393 e. The van der Waals surface area contributed by atoms with Crippen LogP contribution in [0.5, 0.6) is 0 Å². The van der Waals surface area contributed by atoms with Gasteiger partial charge in [-0.05, 0) is 37.6 Å². The van der Waals surface area contributed by atoms with Gasteiger partial charge in [0.1, 0.15) is 0 Å². The quantitative estimate of drug-likeness (QED) is 0.807. The third-order valence-electron chi connectivity index (χ3n) is 2.09. The minimum Gasteiger partial charge on any atom is -0.393 e. The van der Waals surface area contributed by atoms with Crippen molar-refractivity contribution in [2.75, 3.05) is 5.32 Å². The summed E-state index contributed by atoms with van der Waals surface area (Å²) >= 11 is 0. The number of hydrogen-bond acceptors (Lipinski definition) is 3. The lowest BCUT2D eigenvalue weighted by atomic mass is 10.2. The van der Waals surface area contributed by atoms with E-state index in [4.69, 9.17) is 10.4 Å². The maximum Gasteiger partial charge on any atom is 0.224 e. The molecular weight excluding hydrogens is 204 g/mol. The van der Waals surface area contributed by atoms with Crippen molar-refractivity contribution < 1.29 is 9.90 Å². The van der Waals surface area contributed by atoms with Crippen LogP contribution >= 0.6 is 0 Å². The molecule has 0 fully saturated rings. The summed E-state index contributed by atoms with van der Waals surface area (Å²) in [5.74, 6) is -0.134. The van der Waals surface area contributed by atoms with Gasteiger partial charge in [-0.2, -0.15) is 5.26 Å². The molecule has 84 valence electrons. The number of benzene rings is 1. The number of aliphatic hydroxyl groups is 1. The molecule has 0 aliphatic rings. The normalized spacial score (nSPS) is 11.6. The van der Waals surface area contributed by atoms with E-state index in [0.29, 0.717) is 17.7 Å². The Morgan fingerprint density at radius 1 is 1.50 bits per heavy atom. The first-order chi connectivity index (χ1) is 7.61. The number of anilines is 1. The van der Waals surface area contributed by atoms with Gasteiger partial charge in [-0.15, -0.1) is 0 Å². The molecular formula is C12H14N2O2. The van der Waals surface area contributed by atoms with E-state index in [2.05, 4.69) is 5.32 Å². The Labute approximate surface area is 94.5 Å². The lowest BCUT2D eigenvalue weighted by molar-refractivity contribution is -0.116. The average molecular weight is 218 g/mol. The van der Waals surface area contributed by atoms with Crippen molar-refractivity contribution in [2.45, 2.75) is 25.9 Å². The zero-order valence-corrected chi connectivity index (χ0v) is 9.10. The van der Waals surface area contributed by atoms with Gasteiger partial charge in [0.05, 0.1) is 17.7 Å².